The first kappa shape index (κ1) is 25.4. The number of aromatic nitrogens is 3. The number of hydrogen-bond acceptors (Lipinski definition) is 8. The molecular weight excluding hydrogens is 515 g/mol. The number of rotatable bonds is 6. The van der Waals surface area contributed by atoms with Gasteiger partial charge in [-0.05, 0) is 30.3 Å². The van der Waals surface area contributed by atoms with Gasteiger partial charge in [-0.25, -0.2) is 22.6 Å². The third-order valence-corrected chi connectivity index (χ3v) is 6.81. The Labute approximate surface area is 204 Å². The number of carbonyl (C=O) groups is 1. The second kappa shape index (κ2) is 10.1. The minimum Gasteiger partial charge on any atom is -0.478 e. The first-order chi connectivity index (χ1) is 16.6. The van der Waals surface area contributed by atoms with Crippen LogP contribution >= 0.6 is 23.4 Å². The summed E-state index contributed by atoms with van der Waals surface area (Å²) < 4.78 is 47.2. The molecule has 2 aromatic carbocycles. The number of aliphatic hydroxyl groups is 3. The van der Waals surface area contributed by atoms with Gasteiger partial charge in [0, 0.05) is 15.5 Å². The van der Waals surface area contributed by atoms with Crippen LogP contribution < -0.4 is 0 Å². The largest absolute Gasteiger partial charge is 0.478 e. The highest BCUT2D eigenvalue weighted by Gasteiger charge is 2.46. The lowest BCUT2D eigenvalue weighted by atomic mass is 9.97. The summed E-state index contributed by atoms with van der Waals surface area (Å²) in [5.41, 5.74) is -1.52. The van der Waals surface area contributed by atoms with E-state index in [0.717, 1.165) is 16.4 Å². The predicted octanol–water partition coefficient (Wildman–Crippen LogP) is 2.49. The number of carboxylic acids is 1. The van der Waals surface area contributed by atoms with E-state index < -0.39 is 59.8 Å². The summed E-state index contributed by atoms with van der Waals surface area (Å²) >= 11 is 6.79. The molecule has 1 saturated heterocycles. The van der Waals surface area contributed by atoms with Crippen molar-refractivity contribution in [3.63, 3.8) is 0 Å². The molecule has 3 aromatic rings. The number of carboxylic acid groups (broad SMARTS) is 1. The van der Waals surface area contributed by atoms with E-state index >= 15 is 0 Å². The van der Waals surface area contributed by atoms with Crippen LogP contribution in [0.15, 0.2) is 41.4 Å². The molecule has 0 spiro atoms. The van der Waals surface area contributed by atoms with Gasteiger partial charge in [0.25, 0.3) is 0 Å². The van der Waals surface area contributed by atoms with Crippen molar-refractivity contribution in [1.82, 2.24) is 15.0 Å². The van der Waals surface area contributed by atoms with Gasteiger partial charge in [0.05, 0.1) is 18.4 Å². The quantitative estimate of drug-likeness (QED) is 0.353. The van der Waals surface area contributed by atoms with Crippen LogP contribution in [0.4, 0.5) is 13.2 Å². The lowest BCUT2D eigenvalue weighted by Gasteiger charge is -2.41. The zero-order chi connectivity index (χ0) is 25.4. The maximum absolute atomic E-state index is 13.6. The van der Waals surface area contributed by atoms with E-state index in [1.54, 1.807) is 0 Å². The van der Waals surface area contributed by atoms with Crippen molar-refractivity contribution in [2.24, 2.45) is 0 Å². The SMILES string of the molecule is O=C(O)c1ccc(Cl)cc1SC1OC(CO)C(O)C(n2cc(-c3cc(F)c(F)c(F)c3)nn2)C1O. The fourth-order valence-corrected chi connectivity index (χ4v) is 5.09. The second-order valence-corrected chi connectivity index (χ2v) is 9.18. The van der Waals surface area contributed by atoms with Gasteiger partial charge in [-0.1, -0.05) is 28.6 Å². The predicted molar refractivity (Wildman–Crippen MR) is 116 cm³/mol. The minimum atomic E-state index is -1.65. The molecular formula is C21H17ClF3N3O6S. The maximum atomic E-state index is 13.6. The van der Waals surface area contributed by atoms with Gasteiger partial charge in [0.15, 0.2) is 17.5 Å². The highest BCUT2D eigenvalue weighted by molar-refractivity contribution is 8.00. The number of aliphatic hydroxyl groups excluding tert-OH is 3. The van der Waals surface area contributed by atoms with E-state index in [0.29, 0.717) is 12.1 Å². The average Bonchev–Trinajstić information content (AvgIpc) is 3.28. The number of ether oxygens (including phenoxy) is 1. The van der Waals surface area contributed by atoms with Crippen LogP contribution in [0.2, 0.25) is 5.02 Å². The van der Waals surface area contributed by atoms with E-state index in [1.807, 2.05) is 0 Å². The van der Waals surface area contributed by atoms with Crippen molar-refractivity contribution in [3.8, 4) is 11.3 Å². The molecule has 35 heavy (non-hydrogen) atoms. The molecule has 186 valence electrons. The molecule has 0 bridgehead atoms. The van der Waals surface area contributed by atoms with Gasteiger partial charge in [0.2, 0.25) is 0 Å². The van der Waals surface area contributed by atoms with Crippen LogP contribution in [-0.2, 0) is 4.74 Å². The molecule has 0 aliphatic carbocycles. The van der Waals surface area contributed by atoms with E-state index in [9.17, 15) is 38.4 Å². The summed E-state index contributed by atoms with van der Waals surface area (Å²) in [7, 11) is 0. The molecule has 1 aromatic heterocycles. The van der Waals surface area contributed by atoms with Gasteiger partial charge < -0.3 is 25.2 Å². The highest BCUT2D eigenvalue weighted by atomic mass is 35.5. The van der Waals surface area contributed by atoms with Crippen LogP contribution in [0.3, 0.4) is 0 Å². The molecule has 1 aliphatic heterocycles. The van der Waals surface area contributed by atoms with Crippen molar-refractivity contribution in [3.05, 3.63) is 64.6 Å². The van der Waals surface area contributed by atoms with E-state index in [2.05, 4.69) is 10.3 Å². The Hall–Kier alpha value is -2.68. The molecule has 5 unspecified atom stereocenters. The van der Waals surface area contributed by atoms with Gasteiger partial charge >= 0.3 is 5.97 Å². The van der Waals surface area contributed by atoms with E-state index in [1.165, 1.54) is 24.4 Å². The number of benzene rings is 2. The standard InChI is InChI=1S/C21H17ClF3N3O6S/c22-9-1-2-10(20(32)33)15(5-9)35-21-19(31)17(18(30)14(7-29)34-21)28-6-13(26-27-28)8-3-11(23)16(25)12(24)4-8/h1-6,14,17-19,21,29-31H,7H2,(H,32,33). The first-order valence-electron chi connectivity index (χ1n) is 9.99. The molecule has 1 fully saturated rings. The number of halogens is 4. The van der Waals surface area contributed by atoms with Crippen LogP contribution in [-0.4, -0.2) is 71.7 Å². The summed E-state index contributed by atoms with van der Waals surface area (Å²) in [5, 5.41) is 48.7. The summed E-state index contributed by atoms with van der Waals surface area (Å²) in [6, 6.07) is 4.20. The maximum Gasteiger partial charge on any atom is 0.336 e. The second-order valence-electron chi connectivity index (χ2n) is 7.60. The zero-order valence-corrected chi connectivity index (χ0v) is 19.0. The average molecular weight is 532 g/mol. The molecule has 14 heteroatoms. The molecule has 4 rings (SSSR count). The van der Waals surface area contributed by atoms with E-state index in [4.69, 9.17) is 16.3 Å². The number of nitrogens with zero attached hydrogens (tertiary/aromatic N) is 3. The minimum absolute atomic E-state index is 0.0820. The third kappa shape index (κ3) is 5.01. The van der Waals surface area contributed by atoms with Crippen molar-refractivity contribution in [2.45, 2.75) is 34.7 Å². The molecule has 4 N–H and O–H groups in total. The molecule has 2 heterocycles. The highest BCUT2D eigenvalue weighted by Crippen LogP contribution is 2.40. The smallest absolute Gasteiger partial charge is 0.336 e. The summed E-state index contributed by atoms with van der Waals surface area (Å²) in [6.45, 7) is -0.654. The topological polar surface area (TPSA) is 138 Å². The lowest BCUT2D eigenvalue weighted by molar-refractivity contribution is -0.178. The molecule has 0 saturated carbocycles. The monoisotopic (exact) mass is 531 g/mol. The van der Waals surface area contributed by atoms with Crippen molar-refractivity contribution in [2.75, 3.05) is 6.61 Å². The fraction of sp³-hybridized carbons (Fsp3) is 0.286. The lowest BCUT2D eigenvalue weighted by Crippen LogP contribution is -2.55. The molecule has 1 aliphatic rings. The summed E-state index contributed by atoms with van der Waals surface area (Å²) in [4.78, 5) is 11.7. The first-order valence-corrected chi connectivity index (χ1v) is 11.2. The van der Waals surface area contributed by atoms with Crippen LogP contribution in [0.5, 0.6) is 0 Å². The fourth-order valence-electron chi connectivity index (χ4n) is 3.63. The zero-order valence-electron chi connectivity index (χ0n) is 17.4. The summed E-state index contributed by atoms with van der Waals surface area (Å²) in [6.07, 6.45) is -3.05. The Morgan fingerprint density at radius 2 is 1.83 bits per heavy atom. The Balaban J connectivity index is 1.67. The van der Waals surface area contributed by atoms with Crippen LogP contribution in [0.1, 0.15) is 16.4 Å². The van der Waals surface area contributed by atoms with Crippen molar-refractivity contribution < 1.29 is 43.1 Å². The normalized spacial score (nSPS) is 24.5. The van der Waals surface area contributed by atoms with Gasteiger partial charge in [-0.3, -0.25) is 0 Å². The van der Waals surface area contributed by atoms with E-state index in [-0.39, 0.29) is 26.7 Å². The third-order valence-electron chi connectivity index (χ3n) is 5.36. The van der Waals surface area contributed by atoms with Crippen LogP contribution in [0.25, 0.3) is 11.3 Å². The molecule has 0 radical (unpaired) electrons. The Kier molecular flexibility index (Phi) is 7.35. The molecule has 0 amide bonds. The Bertz CT molecular complexity index is 1240. The number of thioether (sulfide) groups is 1. The van der Waals surface area contributed by atoms with Gasteiger partial charge in [0.1, 0.15) is 35.5 Å². The number of hydrogen-bond donors (Lipinski definition) is 4. The Morgan fingerprint density at radius 3 is 2.46 bits per heavy atom. The summed E-state index contributed by atoms with van der Waals surface area (Å²) in [5.74, 6) is -5.77. The van der Waals surface area contributed by atoms with Crippen molar-refractivity contribution >= 4 is 29.3 Å². The van der Waals surface area contributed by atoms with Gasteiger partial charge in [-0.2, -0.15) is 0 Å². The number of aromatic carboxylic acids is 1. The molecule has 5 atom stereocenters. The molecule has 9 nitrogen and oxygen atoms in total. The van der Waals surface area contributed by atoms with Gasteiger partial charge in [-0.15, -0.1) is 5.10 Å². The Morgan fingerprint density at radius 1 is 1.14 bits per heavy atom. The van der Waals surface area contributed by atoms with Crippen LogP contribution in [0, 0.1) is 17.5 Å². The van der Waals surface area contributed by atoms with Crippen molar-refractivity contribution in [1.29, 1.82) is 0 Å².